The van der Waals surface area contributed by atoms with Crippen molar-refractivity contribution < 1.29 is 37.6 Å². The number of carbonyl (C=O) groups is 1. The number of aromatic carboxylic acids is 1. The first-order valence-electron chi connectivity index (χ1n) is 9.90. The molecule has 6 N–H and O–H groups in total. The van der Waals surface area contributed by atoms with E-state index in [0.717, 1.165) is 18.9 Å². The zero-order chi connectivity index (χ0) is 24.5. The molecule has 1 saturated heterocycles. The lowest BCUT2D eigenvalue weighted by molar-refractivity contribution is 0.0694. The molecule has 0 amide bonds. The molecule has 2 aromatic rings. The van der Waals surface area contributed by atoms with Gasteiger partial charge in [-0.15, -0.1) is 0 Å². The Morgan fingerprint density at radius 2 is 2.03 bits per heavy atom. The lowest BCUT2D eigenvalue weighted by Crippen LogP contribution is -2.26. The van der Waals surface area contributed by atoms with Crippen molar-refractivity contribution in [2.75, 3.05) is 37.9 Å². The van der Waals surface area contributed by atoms with Crippen LogP contribution in [0.1, 0.15) is 29.2 Å². The minimum absolute atomic E-state index is 0. The fourth-order valence-electron chi connectivity index (χ4n) is 3.60. The van der Waals surface area contributed by atoms with E-state index >= 15 is 0 Å². The van der Waals surface area contributed by atoms with E-state index in [0.29, 0.717) is 31.6 Å². The number of pyridine rings is 2. The van der Waals surface area contributed by atoms with E-state index in [2.05, 4.69) is 10.1 Å². The maximum atomic E-state index is 14.9. The molecule has 3 heterocycles. The van der Waals surface area contributed by atoms with Crippen LogP contribution in [0.2, 0.25) is 0 Å². The number of carboxylic acid groups (broad SMARTS) is 1. The van der Waals surface area contributed by atoms with Gasteiger partial charge in [0.2, 0.25) is 5.43 Å². The van der Waals surface area contributed by atoms with Gasteiger partial charge in [-0.25, -0.2) is 14.2 Å². The largest absolute Gasteiger partial charge is 0.477 e. The molecule has 1 aliphatic carbocycles. The summed E-state index contributed by atoms with van der Waals surface area (Å²) in [6, 6.07) is 1.14. The zero-order valence-corrected chi connectivity index (χ0v) is 19.2. The number of carboxylic acids is 1. The topological polar surface area (TPSA) is 209 Å². The molecule has 15 heteroatoms. The van der Waals surface area contributed by atoms with Gasteiger partial charge in [0.25, 0.3) is 10.1 Å². The highest BCUT2D eigenvalue weighted by molar-refractivity contribution is 7.85. The summed E-state index contributed by atoms with van der Waals surface area (Å²) in [5.41, 5.74) is 5.65. The van der Waals surface area contributed by atoms with Crippen LogP contribution in [0.3, 0.4) is 0 Å². The van der Waals surface area contributed by atoms with Crippen LogP contribution in [0.4, 0.5) is 10.2 Å². The van der Waals surface area contributed by atoms with Gasteiger partial charge in [-0.2, -0.15) is 8.42 Å². The third kappa shape index (κ3) is 6.05. The quantitative estimate of drug-likeness (QED) is 0.356. The second-order valence-electron chi connectivity index (χ2n) is 7.79. The highest BCUT2D eigenvalue weighted by Gasteiger charge is 2.33. The Morgan fingerprint density at radius 1 is 1.41 bits per heavy atom. The average molecular weight is 504 g/mol. The third-order valence-corrected chi connectivity index (χ3v) is 5.17. The molecule has 2 aromatic heterocycles. The lowest BCUT2D eigenvalue weighted by atomic mass is 10.1. The fraction of sp³-hybridized carbons (Fsp3) is 0.474. The van der Waals surface area contributed by atoms with E-state index in [9.17, 15) is 27.5 Å². The maximum absolute atomic E-state index is 14.9. The zero-order valence-electron chi connectivity index (χ0n) is 18.4. The molecule has 0 bridgehead atoms. The van der Waals surface area contributed by atoms with Gasteiger partial charge in [0, 0.05) is 31.2 Å². The summed E-state index contributed by atoms with van der Waals surface area (Å²) in [6.07, 6.45) is 3.74. The van der Waals surface area contributed by atoms with Crippen molar-refractivity contribution in [2.45, 2.75) is 18.9 Å². The van der Waals surface area contributed by atoms with E-state index in [4.69, 9.17) is 15.1 Å². The Hall–Kier alpha value is -3.14. The molecular formula is C19H26FN5O8S. The van der Waals surface area contributed by atoms with Gasteiger partial charge in [-0.05, 0) is 18.9 Å². The molecule has 1 unspecified atom stereocenters. The second-order valence-corrected chi connectivity index (χ2v) is 9.26. The van der Waals surface area contributed by atoms with Crippen LogP contribution in [0.15, 0.2) is 22.2 Å². The molecule has 0 aromatic carbocycles. The van der Waals surface area contributed by atoms with E-state index in [-0.39, 0.29) is 39.9 Å². The smallest absolute Gasteiger partial charge is 0.341 e. The van der Waals surface area contributed by atoms with E-state index in [1.807, 2.05) is 0 Å². The summed E-state index contributed by atoms with van der Waals surface area (Å²) in [4.78, 5) is 34.9. The normalized spacial score (nSPS) is 18.9. The first-order valence-corrected chi connectivity index (χ1v) is 11.8. The molecule has 0 spiro atoms. The number of nitrogens with two attached hydrogens (primary N) is 1. The van der Waals surface area contributed by atoms with Gasteiger partial charge in [-0.1, -0.05) is 5.16 Å². The fourth-order valence-corrected chi connectivity index (χ4v) is 3.60. The third-order valence-electron chi connectivity index (χ3n) is 5.17. The van der Waals surface area contributed by atoms with Gasteiger partial charge in [-0.3, -0.25) is 9.35 Å². The number of anilines is 1. The summed E-state index contributed by atoms with van der Waals surface area (Å²) in [7, 11) is -2.23. The first-order chi connectivity index (χ1) is 15.4. The molecule has 0 radical (unpaired) electrons. The van der Waals surface area contributed by atoms with Gasteiger partial charge in [0.15, 0.2) is 11.6 Å². The van der Waals surface area contributed by atoms with Crippen molar-refractivity contribution in [3.63, 3.8) is 0 Å². The molecule has 34 heavy (non-hydrogen) atoms. The molecule has 2 aliphatic rings. The van der Waals surface area contributed by atoms with Crippen molar-refractivity contribution in [2.24, 2.45) is 16.8 Å². The van der Waals surface area contributed by atoms with Crippen molar-refractivity contribution in [1.29, 1.82) is 0 Å². The van der Waals surface area contributed by atoms with Crippen LogP contribution in [0.25, 0.3) is 11.0 Å². The molecule has 1 atom stereocenters. The standard InChI is InChI=1S/C18H20FN5O4.CH4O3S.H2O/c1-28-22-14-8-23(6-9(14)5-20)17-13(19)4-11-15(25)12(18(26)27)7-24(10-2-3-10)16(11)21-17;1-5(2,3)4;/h4,7,9-10H,2-3,5-6,8,20H2,1H3,(H,26,27);1H3,(H,2,3,4);1H2/b22-14+;;. The number of fused-ring (bicyclic) bond motifs is 1. The minimum atomic E-state index is -3.67. The minimum Gasteiger partial charge on any atom is -0.477 e. The Kier molecular flexibility index (Phi) is 8.31. The molecule has 4 rings (SSSR count). The first kappa shape index (κ1) is 27.1. The maximum Gasteiger partial charge on any atom is 0.341 e. The summed E-state index contributed by atoms with van der Waals surface area (Å²) in [5, 5.41) is 13.2. The Bertz CT molecular complexity index is 1270. The lowest BCUT2D eigenvalue weighted by Gasteiger charge is -2.19. The summed E-state index contributed by atoms with van der Waals surface area (Å²) in [5.74, 6) is -2.03. The number of rotatable bonds is 5. The van der Waals surface area contributed by atoms with Crippen molar-refractivity contribution >= 4 is 38.7 Å². The van der Waals surface area contributed by atoms with Gasteiger partial charge in [0.05, 0.1) is 23.9 Å². The van der Waals surface area contributed by atoms with Crippen LogP contribution in [-0.4, -0.2) is 77.8 Å². The van der Waals surface area contributed by atoms with E-state index in [1.165, 1.54) is 13.3 Å². The van der Waals surface area contributed by atoms with Crippen molar-refractivity contribution in [3.8, 4) is 0 Å². The van der Waals surface area contributed by atoms with Crippen molar-refractivity contribution in [3.05, 3.63) is 33.9 Å². The SMILES string of the molecule is CO/N=C1\CN(c2nc3c(cc2F)c(=O)c(C(=O)O)cn3C2CC2)CC1CN.CS(=O)(=O)O.O. The average Bonchev–Trinajstić information content (AvgIpc) is 3.47. The Morgan fingerprint density at radius 3 is 2.53 bits per heavy atom. The molecule has 188 valence electrons. The number of nitrogens with zero attached hydrogens (tertiary/aromatic N) is 4. The number of halogens is 1. The number of aromatic nitrogens is 2. The van der Waals surface area contributed by atoms with Crippen LogP contribution < -0.4 is 16.1 Å². The summed E-state index contributed by atoms with van der Waals surface area (Å²) >= 11 is 0. The molecule has 1 saturated carbocycles. The van der Waals surface area contributed by atoms with E-state index in [1.54, 1.807) is 9.47 Å². The summed E-state index contributed by atoms with van der Waals surface area (Å²) < 4.78 is 42.4. The van der Waals surface area contributed by atoms with E-state index < -0.39 is 27.3 Å². The van der Waals surface area contributed by atoms with Gasteiger partial charge >= 0.3 is 5.97 Å². The molecule has 1 aliphatic heterocycles. The van der Waals surface area contributed by atoms with Crippen LogP contribution in [0, 0.1) is 11.7 Å². The molecular weight excluding hydrogens is 477 g/mol. The highest BCUT2D eigenvalue weighted by atomic mass is 32.2. The van der Waals surface area contributed by atoms with Crippen molar-refractivity contribution in [1.82, 2.24) is 9.55 Å². The van der Waals surface area contributed by atoms with Crippen LogP contribution in [0.5, 0.6) is 0 Å². The van der Waals surface area contributed by atoms with Crippen LogP contribution in [-0.2, 0) is 15.0 Å². The van der Waals surface area contributed by atoms with Gasteiger partial charge in [0.1, 0.15) is 18.3 Å². The molecule has 2 fully saturated rings. The highest BCUT2D eigenvalue weighted by Crippen LogP contribution is 2.37. The Balaban J connectivity index is 0.000000619. The predicted octanol–water partition coefficient (Wildman–Crippen LogP) is -0.355. The van der Waals surface area contributed by atoms with Crippen LogP contribution >= 0.6 is 0 Å². The molecule has 13 nitrogen and oxygen atoms in total. The number of hydrogen-bond acceptors (Lipinski definition) is 9. The second kappa shape index (κ2) is 10.4. The Labute approximate surface area is 193 Å². The van der Waals surface area contributed by atoms with Gasteiger partial charge < -0.3 is 30.6 Å². The number of hydrogen-bond donors (Lipinski definition) is 3. The summed E-state index contributed by atoms with van der Waals surface area (Å²) in [6.45, 7) is 1.07. The predicted molar refractivity (Wildman–Crippen MR) is 121 cm³/mol. The number of oxime groups is 1. The monoisotopic (exact) mass is 503 g/mol.